The van der Waals surface area contributed by atoms with Gasteiger partial charge in [0, 0.05) is 37.8 Å². The fraction of sp³-hybridized carbons (Fsp3) is 0.333. The molecule has 1 amide bonds. The Kier molecular flexibility index (Phi) is 9.76. The highest BCUT2D eigenvalue weighted by Gasteiger charge is 2.11. The van der Waals surface area contributed by atoms with Crippen LogP contribution in [0.25, 0.3) is 0 Å². The SMILES string of the molecule is CN=C(NCCCNC(=O)c1occc1C)NCc1cc(F)ccc1F.I. The average molecular weight is 492 g/mol. The maximum absolute atomic E-state index is 13.6. The Morgan fingerprint density at radius 3 is 2.56 bits per heavy atom. The second-order valence-electron chi connectivity index (χ2n) is 5.63. The molecule has 0 aliphatic heterocycles. The number of hydrogen-bond donors (Lipinski definition) is 3. The van der Waals surface area contributed by atoms with Gasteiger partial charge in [0.2, 0.25) is 0 Å². The summed E-state index contributed by atoms with van der Waals surface area (Å²) in [6.07, 6.45) is 2.13. The first kappa shape index (κ1) is 22.9. The third-order valence-corrected chi connectivity index (χ3v) is 3.68. The standard InChI is InChI=1S/C18H22F2N4O2.HI/c1-12-6-9-26-16(12)17(25)22-7-3-8-23-18(21-2)24-11-13-10-14(19)4-5-15(13)20;/h4-6,9-10H,3,7-8,11H2,1-2H3,(H,22,25)(H2,21,23,24);1H. The molecule has 0 atom stereocenters. The molecule has 0 spiro atoms. The van der Waals surface area contributed by atoms with Gasteiger partial charge in [0.15, 0.2) is 11.7 Å². The zero-order valence-electron chi connectivity index (χ0n) is 15.1. The van der Waals surface area contributed by atoms with Crippen LogP contribution in [0.1, 0.15) is 28.1 Å². The summed E-state index contributed by atoms with van der Waals surface area (Å²) in [5.74, 6) is -0.454. The number of furan rings is 1. The molecule has 1 heterocycles. The van der Waals surface area contributed by atoms with E-state index >= 15 is 0 Å². The molecular weight excluding hydrogens is 469 g/mol. The molecular formula is C18H23F2IN4O2. The normalized spacial score (nSPS) is 10.9. The minimum absolute atomic E-state index is 0. The molecule has 0 bridgehead atoms. The van der Waals surface area contributed by atoms with E-state index in [9.17, 15) is 13.6 Å². The predicted molar refractivity (Wildman–Crippen MR) is 110 cm³/mol. The number of amides is 1. The van der Waals surface area contributed by atoms with Crippen LogP contribution in [0.15, 0.2) is 39.9 Å². The minimum Gasteiger partial charge on any atom is -0.459 e. The number of nitrogens with zero attached hydrogens (tertiary/aromatic N) is 1. The molecule has 0 fully saturated rings. The molecule has 1 aromatic heterocycles. The number of carbonyl (C=O) groups excluding carboxylic acids is 1. The van der Waals surface area contributed by atoms with Crippen molar-refractivity contribution in [3.8, 4) is 0 Å². The molecule has 2 aromatic rings. The van der Waals surface area contributed by atoms with Gasteiger partial charge in [-0.1, -0.05) is 0 Å². The van der Waals surface area contributed by atoms with Gasteiger partial charge in [-0.2, -0.15) is 0 Å². The number of aliphatic imine (C=N–C) groups is 1. The maximum Gasteiger partial charge on any atom is 0.287 e. The molecule has 3 N–H and O–H groups in total. The fourth-order valence-electron chi connectivity index (χ4n) is 2.26. The number of nitrogens with one attached hydrogen (secondary N) is 3. The molecule has 6 nitrogen and oxygen atoms in total. The average Bonchev–Trinajstić information content (AvgIpc) is 3.06. The van der Waals surface area contributed by atoms with E-state index in [1.165, 1.54) is 6.26 Å². The van der Waals surface area contributed by atoms with Crippen LogP contribution in [0.4, 0.5) is 8.78 Å². The highest BCUT2D eigenvalue weighted by molar-refractivity contribution is 14.0. The van der Waals surface area contributed by atoms with E-state index in [4.69, 9.17) is 4.42 Å². The van der Waals surface area contributed by atoms with Gasteiger partial charge in [0.1, 0.15) is 11.6 Å². The highest BCUT2D eigenvalue weighted by Crippen LogP contribution is 2.09. The summed E-state index contributed by atoms with van der Waals surface area (Å²) in [4.78, 5) is 15.9. The van der Waals surface area contributed by atoms with Crippen molar-refractivity contribution in [2.24, 2.45) is 4.99 Å². The van der Waals surface area contributed by atoms with Crippen molar-refractivity contribution in [1.29, 1.82) is 0 Å². The number of aryl methyl sites for hydroxylation is 1. The van der Waals surface area contributed by atoms with Gasteiger partial charge in [-0.3, -0.25) is 9.79 Å². The number of benzene rings is 1. The predicted octanol–water partition coefficient (Wildman–Crippen LogP) is 2.97. The van der Waals surface area contributed by atoms with Gasteiger partial charge < -0.3 is 20.4 Å². The van der Waals surface area contributed by atoms with E-state index in [0.29, 0.717) is 31.2 Å². The highest BCUT2D eigenvalue weighted by atomic mass is 127. The summed E-state index contributed by atoms with van der Waals surface area (Å²) in [5, 5.41) is 8.72. The van der Waals surface area contributed by atoms with Gasteiger partial charge in [-0.25, -0.2) is 8.78 Å². The van der Waals surface area contributed by atoms with Crippen LogP contribution < -0.4 is 16.0 Å². The third-order valence-electron chi connectivity index (χ3n) is 3.68. The Hall–Kier alpha value is -2.17. The van der Waals surface area contributed by atoms with Crippen molar-refractivity contribution in [3.63, 3.8) is 0 Å². The topological polar surface area (TPSA) is 78.7 Å². The zero-order valence-corrected chi connectivity index (χ0v) is 17.5. The second-order valence-corrected chi connectivity index (χ2v) is 5.63. The Balaban J connectivity index is 0.00000364. The first-order chi connectivity index (χ1) is 12.5. The van der Waals surface area contributed by atoms with Gasteiger partial charge in [-0.15, -0.1) is 24.0 Å². The first-order valence-corrected chi connectivity index (χ1v) is 8.22. The van der Waals surface area contributed by atoms with Crippen molar-refractivity contribution in [2.45, 2.75) is 19.9 Å². The van der Waals surface area contributed by atoms with Gasteiger partial charge in [0.25, 0.3) is 5.91 Å². The summed E-state index contributed by atoms with van der Waals surface area (Å²) in [7, 11) is 1.58. The lowest BCUT2D eigenvalue weighted by molar-refractivity contribution is 0.0925. The molecule has 148 valence electrons. The summed E-state index contributed by atoms with van der Waals surface area (Å²) >= 11 is 0. The zero-order chi connectivity index (χ0) is 18.9. The van der Waals surface area contributed by atoms with E-state index in [2.05, 4.69) is 20.9 Å². The van der Waals surface area contributed by atoms with E-state index < -0.39 is 11.6 Å². The summed E-state index contributed by atoms with van der Waals surface area (Å²) in [6.45, 7) is 2.92. The van der Waals surface area contributed by atoms with Crippen LogP contribution in [0.5, 0.6) is 0 Å². The number of carbonyl (C=O) groups is 1. The van der Waals surface area contributed by atoms with Gasteiger partial charge in [0.05, 0.1) is 6.26 Å². The Morgan fingerprint density at radius 1 is 1.15 bits per heavy atom. The molecule has 0 saturated carbocycles. The van der Waals surface area contributed by atoms with Crippen molar-refractivity contribution in [1.82, 2.24) is 16.0 Å². The maximum atomic E-state index is 13.6. The van der Waals surface area contributed by atoms with Crippen LogP contribution in [0.3, 0.4) is 0 Å². The van der Waals surface area contributed by atoms with Crippen LogP contribution in [-0.4, -0.2) is 32.0 Å². The van der Waals surface area contributed by atoms with Gasteiger partial charge in [-0.05, 0) is 37.6 Å². The molecule has 0 saturated heterocycles. The lowest BCUT2D eigenvalue weighted by Crippen LogP contribution is -2.38. The number of rotatable bonds is 7. The van der Waals surface area contributed by atoms with E-state index in [1.807, 2.05) is 0 Å². The summed E-state index contributed by atoms with van der Waals surface area (Å²) in [6, 6.07) is 5.03. The second kappa shape index (κ2) is 11.5. The smallest absolute Gasteiger partial charge is 0.287 e. The molecule has 0 aliphatic carbocycles. The lowest BCUT2D eigenvalue weighted by atomic mass is 10.2. The quantitative estimate of drug-likeness (QED) is 0.241. The van der Waals surface area contributed by atoms with Crippen LogP contribution in [-0.2, 0) is 6.54 Å². The van der Waals surface area contributed by atoms with E-state index in [0.717, 1.165) is 23.8 Å². The molecule has 2 rings (SSSR count). The molecule has 0 unspecified atom stereocenters. The Bertz CT molecular complexity index is 780. The van der Waals surface area contributed by atoms with Crippen molar-refractivity contribution >= 4 is 35.8 Å². The Labute approximate surface area is 173 Å². The largest absolute Gasteiger partial charge is 0.459 e. The van der Waals surface area contributed by atoms with Crippen molar-refractivity contribution in [3.05, 3.63) is 59.1 Å². The molecule has 1 aromatic carbocycles. The van der Waals surface area contributed by atoms with Crippen LogP contribution >= 0.6 is 24.0 Å². The number of hydrogen-bond acceptors (Lipinski definition) is 3. The first-order valence-electron chi connectivity index (χ1n) is 8.22. The minimum atomic E-state index is -0.492. The lowest BCUT2D eigenvalue weighted by Gasteiger charge is -2.12. The van der Waals surface area contributed by atoms with Crippen molar-refractivity contribution < 1.29 is 18.0 Å². The van der Waals surface area contributed by atoms with Crippen molar-refractivity contribution in [2.75, 3.05) is 20.1 Å². The monoisotopic (exact) mass is 492 g/mol. The van der Waals surface area contributed by atoms with Crippen LogP contribution in [0.2, 0.25) is 0 Å². The molecule has 0 aliphatic rings. The van der Waals surface area contributed by atoms with Gasteiger partial charge >= 0.3 is 0 Å². The summed E-state index contributed by atoms with van der Waals surface area (Å²) in [5.41, 5.74) is 1.00. The molecule has 27 heavy (non-hydrogen) atoms. The Morgan fingerprint density at radius 2 is 1.89 bits per heavy atom. The molecule has 9 heteroatoms. The molecule has 0 radical (unpaired) electrons. The summed E-state index contributed by atoms with van der Waals surface area (Å²) < 4.78 is 31.9. The number of halogens is 3. The van der Waals surface area contributed by atoms with E-state index in [-0.39, 0.29) is 42.0 Å². The van der Waals surface area contributed by atoms with Crippen LogP contribution in [0, 0.1) is 18.6 Å². The third kappa shape index (κ3) is 7.16. The number of guanidine groups is 1. The van der Waals surface area contributed by atoms with E-state index in [1.54, 1.807) is 20.0 Å². The fourth-order valence-corrected chi connectivity index (χ4v) is 2.26.